The molecule has 1 heterocycles. The number of aromatic nitrogens is 2. The lowest BCUT2D eigenvalue weighted by atomic mass is 10.4. The maximum Gasteiger partial charge on any atom is 0.0928 e. The highest BCUT2D eigenvalue weighted by molar-refractivity contribution is 7.99. The Hall–Kier alpha value is -0.480. The topological polar surface area (TPSA) is 48.6 Å². The number of nitrogens with one attached hydrogen (secondary N) is 1. The van der Waals surface area contributed by atoms with Crippen molar-refractivity contribution >= 4 is 11.8 Å². The van der Waals surface area contributed by atoms with E-state index in [2.05, 4.69) is 9.97 Å². The highest BCUT2D eigenvalue weighted by Gasteiger charge is 1.93. The predicted molar refractivity (Wildman–Crippen MR) is 44.1 cm³/mol. The van der Waals surface area contributed by atoms with Gasteiger partial charge in [-0.2, -0.15) is 0 Å². The molecule has 0 aliphatic carbocycles. The van der Waals surface area contributed by atoms with Gasteiger partial charge in [0.1, 0.15) is 0 Å². The van der Waals surface area contributed by atoms with Gasteiger partial charge in [-0.15, -0.1) is 11.8 Å². The Labute approximate surface area is 70.2 Å². The molecule has 0 saturated heterocycles. The highest BCUT2D eigenvalue weighted by atomic mass is 32.2. The van der Waals surface area contributed by atoms with Crippen molar-refractivity contribution in [2.24, 2.45) is 0 Å². The Morgan fingerprint density at radius 2 is 2.45 bits per heavy atom. The Morgan fingerprint density at radius 1 is 1.55 bits per heavy atom. The quantitative estimate of drug-likeness (QED) is 0.541. The van der Waals surface area contributed by atoms with E-state index in [0.717, 1.165) is 23.6 Å². The van der Waals surface area contributed by atoms with Crippen LogP contribution in [0.2, 0.25) is 0 Å². The molecule has 1 N–H and O–H groups in total. The second-order valence-electron chi connectivity index (χ2n) is 2.18. The SMILES string of the molecule is [O]CCCCSc1cnc[nH]1. The van der Waals surface area contributed by atoms with Crippen LogP contribution in [-0.4, -0.2) is 22.3 Å². The van der Waals surface area contributed by atoms with Gasteiger partial charge in [-0.1, -0.05) is 0 Å². The predicted octanol–water partition coefficient (Wildman–Crippen LogP) is 1.71. The fraction of sp³-hybridized carbons (Fsp3) is 0.571. The maximum absolute atomic E-state index is 10.1. The van der Waals surface area contributed by atoms with Crippen molar-refractivity contribution in [3.63, 3.8) is 0 Å². The summed E-state index contributed by atoms with van der Waals surface area (Å²) in [4.78, 5) is 6.87. The molecule has 0 aliphatic rings. The number of thioether (sulfide) groups is 1. The molecular weight excluding hydrogens is 160 g/mol. The van der Waals surface area contributed by atoms with Crippen LogP contribution in [0.3, 0.4) is 0 Å². The van der Waals surface area contributed by atoms with Crippen molar-refractivity contribution in [1.82, 2.24) is 9.97 Å². The largest absolute Gasteiger partial charge is 0.340 e. The van der Waals surface area contributed by atoms with Crippen molar-refractivity contribution in [2.45, 2.75) is 17.9 Å². The zero-order valence-corrected chi connectivity index (χ0v) is 7.06. The number of nitrogens with zero attached hydrogens (tertiary/aromatic N) is 1. The number of unbranched alkanes of at least 4 members (excludes halogenated alkanes) is 1. The number of aromatic amines is 1. The van der Waals surface area contributed by atoms with Crippen LogP contribution in [0.25, 0.3) is 0 Å². The Bertz CT molecular complexity index is 177. The minimum Gasteiger partial charge on any atom is -0.340 e. The van der Waals surface area contributed by atoms with Crippen molar-refractivity contribution in [2.75, 3.05) is 12.4 Å². The second kappa shape index (κ2) is 5.21. The molecule has 1 radical (unpaired) electrons. The monoisotopic (exact) mass is 171 g/mol. The fourth-order valence-electron chi connectivity index (χ4n) is 0.708. The molecule has 0 aliphatic heterocycles. The zero-order valence-electron chi connectivity index (χ0n) is 6.25. The van der Waals surface area contributed by atoms with E-state index in [1.54, 1.807) is 24.3 Å². The summed E-state index contributed by atoms with van der Waals surface area (Å²) in [6.45, 7) is 0.0452. The molecule has 0 amide bonds. The second-order valence-corrected chi connectivity index (χ2v) is 3.31. The standard InChI is InChI=1S/C7H11N2OS/c10-3-1-2-4-11-7-5-8-6-9-7/h5-6H,1-4H2,(H,8,9). The van der Waals surface area contributed by atoms with E-state index < -0.39 is 0 Å². The van der Waals surface area contributed by atoms with E-state index in [1.807, 2.05) is 0 Å². The van der Waals surface area contributed by atoms with Gasteiger partial charge in [-0.25, -0.2) is 10.1 Å². The summed E-state index contributed by atoms with van der Waals surface area (Å²) < 4.78 is 0. The first-order valence-electron chi connectivity index (χ1n) is 3.63. The van der Waals surface area contributed by atoms with Gasteiger partial charge >= 0.3 is 0 Å². The van der Waals surface area contributed by atoms with Crippen LogP contribution < -0.4 is 0 Å². The van der Waals surface area contributed by atoms with Gasteiger partial charge < -0.3 is 4.98 Å². The molecule has 3 nitrogen and oxygen atoms in total. The Morgan fingerprint density at radius 3 is 3.09 bits per heavy atom. The molecule has 0 fully saturated rings. The van der Waals surface area contributed by atoms with Crippen molar-refractivity contribution < 1.29 is 5.11 Å². The Balaban J connectivity index is 2.04. The van der Waals surface area contributed by atoms with E-state index in [0.29, 0.717) is 0 Å². The summed E-state index contributed by atoms with van der Waals surface area (Å²) in [7, 11) is 0. The van der Waals surface area contributed by atoms with Crippen LogP contribution in [0.15, 0.2) is 17.6 Å². The molecule has 0 atom stereocenters. The number of hydrogen-bond acceptors (Lipinski definition) is 2. The number of rotatable bonds is 5. The molecule has 1 aromatic rings. The van der Waals surface area contributed by atoms with Crippen LogP contribution in [0.1, 0.15) is 12.8 Å². The molecule has 1 aromatic heterocycles. The van der Waals surface area contributed by atoms with Crippen molar-refractivity contribution in [1.29, 1.82) is 0 Å². The normalized spacial score (nSPS) is 10.3. The molecule has 0 spiro atoms. The molecule has 0 unspecified atom stereocenters. The van der Waals surface area contributed by atoms with E-state index in [9.17, 15) is 5.11 Å². The molecular formula is C7H11N2OS. The fourth-order valence-corrected chi connectivity index (χ4v) is 1.55. The van der Waals surface area contributed by atoms with Crippen molar-refractivity contribution in [3.8, 4) is 0 Å². The van der Waals surface area contributed by atoms with E-state index in [1.165, 1.54) is 0 Å². The van der Waals surface area contributed by atoms with Crippen LogP contribution in [0, 0.1) is 0 Å². The van der Waals surface area contributed by atoms with Gasteiger partial charge in [-0.3, -0.25) is 0 Å². The van der Waals surface area contributed by atoms with Gasteiger partial charge in [0.25, 0.3) is 0 Å². The average Bonchev–Trinajstić information content (AvgIpc) is 2.50. The average molecular weight is 171 g/mol. The third kappa shape index (κ3) is 3.43. The van der Waals surface area contributed by atoms with Crippen LogP contribution in [0.4, 0.5) is 0 Å². The van der Waals surface area contributed by atoms with E-state index in [4.69, 9.17) is 0 Å². The summed E-state index contributed by atoms with van der Waals surface area (Å²) in [5.41, 5.74) is 0. The zero-order chi connectivity index (χ0) is 7.94. The van der Waals surface area contributed by atoms with Gasteiger partial charge in [0.05, 0.1) is 24.2 Å². The van der Waals surface area contributed by atoms with Gasteiger partial charge in [0.2, 0.25) is 0 Å². The molecule has 0 bridgehead atoms. The molecule has 61 valence electrons. The van der Waals surface area contributed by atoms with Gasteiger partial charge in [-0.05, 0) is 18.6 Å². The van der Waals surface area contributed by atoms with E-state index in [-0.39, 0.29) is 6.61 Å². The van der Waals surface area contributed by atoms with Crippen LogP contribution in [-0.2, 0) is 5.11 Å². The van der Waals surface area contributed by atoms with Crippen LogP contribution >= 0.6 is 11.8 Å². The van der Waals surface area contributed by atoms with Gasteiger partial charge in [0.15, 0.2) is 0 Å². The lowest BCUT2D eigenvalue weighted by Gasteiger charge is -1.94. The Kier molecular flexibility index (Phi) is 4.08. The third-order valence-corrected chi connectivity index (χ3v) is 2.30. The minimum absolute atomic E-state index is 0.0452. The molecule has 11 heavy (non-hydrogen) atoms. The first-order valence-corrected chi connectivity index (χ1v) is 4.61. The van der Waals surface area contributed by atoms with Gasteiger partial charge in [0, 0.05) is 0 Å². The summed E-state index contributed by atoms with van der Waals surface area (Å²) in [5.74, 6) is 1.00. The number of imidazole rings is 1. The molecule has 0 saturated carbocycles. The van der Waals surface area contributed by atoms with Crippen molar-refractivity contribution in [3.05, 3.63) is 12.5 Å². The molecule has 4 heteroatoms. The highest BCUT2D eigenvalue weighted by Crippen LogP contribution is 2.14. The van der Waals surface area contributed by atoms with E-state index >= 15 is 0 Å². The minimum atomic E-state index is 0.0452. The lowest BCUT2D eigenvalue weighted by molar-refractivity contribution is 0.188. The lowest BCUT2D eigenvalue weighted by Crippen LogP contribution is -1.83. The first kappa shape index (κ1) is 8.62. The smallest absolute Gasteiger partial charge is 0.0928 e. The maximum atomic E-state index is 10.1. The summed E-state index contributed by atoms with van der Waals surface area (Å²) >= 11 is 1.71. The number of H-pyrrole nitrogens is 1. The third-order valence-electron chi connectivity index (χ3n) is 1.27. The number of hydrogen-bond donors (Lipinski definition) is 1. The summed E-state index contributed by atoms with van der Waals surface area (Å²) in [5, 5.41) is 11.1. The molecule has 1 rings (SSSR count). The van der Waals surface area contributed by atoms with Crippen LogP contribution in [0.5, 0.6) is 0 Å². The molecule has 0 aromatic carbocycles. The first-order chi connectivity index (χ1) is 5.43. The summed E-state index contributed by atoms with van der Waals surface area (Å²) in [6.07, 6.45) is 5.23. The summed E-state index contributed by atoms with van der Waals surface area (Å²) in [6, 6.07) is 0.